The van der Waals surface area contributed by atoms with Gasteiger partial charge in [-0.3, -0.25) is 10.1 Å². The van der Waals surface area contributed by atoms with E-state index in [1.807, 2.05) is 6.92 Å². The Balaban J connectivity index is 1.87. The minimum atomic E-state index is -3.28. The average molecular weight is 397 g/mol. The molecule has 1 atom stereocenters. The Morgan fingerprint density at radius 1 is 1.26 bits per heavy atom. The van der Waals surface area contributed by atoms with Crippen molar-refractivity contribution in [3.05, 3.63) is 29.8 Å². The summed E-state index contributed by atoms with van der Waals surface area (Å²) in [5.74, 6) is -0.346. The van der Waals surface area contributed by atoms with Crippen LogP contribution < -0.4 is 10.6 Å². The van der Waals surface area contributed by atoms with Crippen molar-refractivity contribution >= 4 is 27.7 Å². The second-order valence-corrected chi connectivity index (χ2v) is 8.63. The van der Waals surface area contributed by atoms with E-state index in [9.17, 15) is 18.0 Å². The van der Waals surface area contributed by atoms with Gasteiger partial charge in [0, 0.05) is 25.3 Å². The van der Waals surface area contributed by atoms with E-state index >= 15 is 0 Å². The lowest BCUT2D eigenvalue weighted by molar-refractivity contribution is -0.126. The van der Waals surface area contributed by atoms with Crippen molar-refractivity contribution in [3.63, 3.8) is 0 Å². The van der Waals surface area contributed by atoms with E-state index < -0.39 is 16.1 Å². The van der Waals surface area contributed by atoms with Crippen LogP contribution in [0.25, 0.3) is 0 Å². The molecule has 1 aromatic rings. The van der Waals surface area contributed by atoms with Crippen LogP contribution in [0.5, 0.6) is 0 Å². The lowest BCUT2D eigenvalue weighted by Gasteiger charge is -2.31. The van der Waals surface area contributed by atoms with E-state index in [4.69, 9.17) is 0 Å². The molecule has 2 rings (SSSR count). The quantitative estimate of drug-likeness (QED) is 0.731. The predicted molar refractivity (Wildman–Crippen MR) is 103 cm³/mol. The molecule has 1 aliphatic heterocycles. The summed E-state index contributed by atoms with van der Waals surface area (Å²) in [7, 11) is -1.98. The molecule has 8 nitrogen and oxygen atoms in total. The number of piperidine rings is 1. The third kappa shape index (κ3) is 6.21. The summed E-state index contributed by atoms with van der Waals surface area (Å²) >= 11 is 0. The molecule has 0 bridgehead atoms. The van der Waals surface area contributed by atoms with Crippen molar-refractivity contribution in [2.45, 2.75) is 32.7 Å². The molecule has 150 valence electrons. The second-order valence-electron chi connectivity index (χ2n) is 6.54. The molecule has 1 aliphatic rings. The Morgan fingerprint density at radius 3 is 2.59 bits per heavy atom. The first-order valence-corrected chi connectivity index (χ1v) is 10.7. The first kappa shape index (κ1) is 21.2. The van der Waals surface area contributed by atoms with Gasteiger partial charge in [0.25, 0.3) is 0 Å². The van der Waals surface area contributed by atoms with E-state index in [-0.39, 0.29) is 24.1 Å². The molecule has 0 aromatic heterocycles. The Morgan fingerprint density at radius 2 is 1.96 bits per heavy atom. The molecule has 2 N–H and O–H groups in total. The molecule has 1 saturated heterocycles. The SMILES string of the molecule is CCCS(=O)(=O)N1CCCC(C(=O)NCc2ccc(NC(=O)OC)cc2)C1. The molecular formula is C18H27N3O5S. The fourth-order valence-corrected chi connectivity index (χ4v) is 4.59. The third-order valence-corrected chi connectivity index (χ3v) is 6.51. The zero-order valence-corrected chi connectivity index (χ0v) is 16.5. The van der Waals surface area contributed by atoms with Crippen LogP contribution in [0.1, 0.15) is 31.7 Å². The number of ether oxygens (including phenoxy) is 1. The monoisotopic (exact) mass is 397 g/mol. The van der Waals surface area contributed by atoms with Gasteiger partial charge in [0.2, 0.25) is 15.9 Å². The number of nitrogens with one attached hydrogen (secondary N) is 2. The Labute approximate surface area is 160 Å². The Hall–Kier alpha value is -2.13. The first-order chi connectivity index (χ1) is 12.9. The highest BCUT2D eigenvalue weighted by atomic mass is 32.2. The van der Waals surface area contributed by atoms with Gasteiger partial charge in [-0.1, -0.05) is 19.1 Å². The van der Waals surface area contributed by atoms with Crippen molar-refractivity contribution in [2.24, 2.45) is 5.92 Å². The summed E-state index contributed by atoms with van der Waals surface area (Å²) in [6, 6.07) is 7.03. The van der Waals surface area contributed by atoms with Crippen LogP contribution in [-0.2, 0) is 26.1 Å². The summed E-state index contributed by atoms with van der Waals surface area (Å²) in [6.07, 6.45) is 1.40. The second kappa shape index (κ2) is 9.70. The number of carbonyl (C=O) groups excluding carboxylic acids is 2. The van der Waals surface area contributed by atoms with Crippen LogP contribution in [0, 0.1) is 5.92 Å². The molecule has 27 heavy (non-hydrogen) atoms. The molecule has 1 unspecified atom stereocenters. The van der Waals surface area contributed by atoms with Gasteiger partial charge >= 0.3 is 6.09 Å². The van der Waals surface area contributed by atoms with Crippen molar-refractivity contribution in [2.75, 3.05) is 31.3 Å². The molecule has 2 amide bonds. The van der Waals surface area contributed by atoms with E-state index in [1.54, 1.807) is 24.3 Å². The lowest BCUT2D eigenvalue weighted by Crippen LogP contribution is -2.45. The van der Waals surface area contributed by atoms with Crippen LogP contribution in [0.15, 0.2) is 24.3 Å². The Kier molecular flexibility index (Phi) is 7.61. The summed E-state index contributed by atoms with van der Waals surface area (Å²) in [5, 5.41) is 5.43. The van der Waals surface area contributed by atoms with Crippen LogP contribution in [0.4, 0.5) is 10.5 Å². The van der Waals surface area contributed by atoms with Crippen LogP contribution >= 0.6 is 0 Å². The lowest BCUT2D eigenvalue weighted by atomic mass is 9.99. The fraction of sp³-hybridized carbons (Fsp3) is 0.556. The number of methoxy groups -OCH3 is 1. The normalized spacial score (nSPS) is 17.9. The highest BCUT2D eigenvalue weighted by Gasteiger charge is 2.31. The minimum Gasteiger partial charge on any atom is -0.453 e. The van der Waals surface area contributed by atoms with Gasteiger partial charge in [-0.2, -0.15) is 0 Å². The Bertz CT molecular complexity index is 749. The average Bonchev–Trinajstić information content (AvgIpc) is 2.67. The third-order valence-electron chi connectivity index (χ3n) is 4.46. The first-order valence-electron chi connectivity index (χ1n) is 9.05. The van der Waals surface area contributed by atoms with Crippen LogP contribution in [0.2, 0.25) is 0 Å². The summed E-state index contributed by atoms with van der Waals surface area (Å²) in [6.45, 7) is 2.91. The zero-order valence-electron chi connectivity index (χ0n) is 15.7. The smallest absolute Gasteiger partial charge is 0.411 e. The minimum absolute atomic E-state index is 0.118. The molecule has 0 radical (unpaired) electrons. The van der Waals surface area contributed by atoms with Gasteiger partial charge in [0.05, 0.1) is 18.8 Å². The molecule has 1 aromatic carbocycles. The number of nitrogens with zero attached hydrogens (tertiary/aromatic N) is 1. The number of benzene rings is 1. The molecule has 9 heteroatoms. The predicted octanol–water partition coefficient (Wildman–Crippen LogP) is 1.93. The summed E-state index contributed by atoms with van der Waals surface area (Å²) in [4.78, 5) is 23.6. The molecule has 0 spiro atoms. The highest BCUT2D eigenvalue weighted by Crippen LogP contribution is 2.20. The van der Waals surface area contributed by atoms with Gasteiger partial charge < -0.3 is 10.1 Å². The van der Waals surface area contributed by atoms with Gasteiger partial charge in [-0.05, 0) is 37.0 Å². The summed E-state index contributed by atoms with van der Waals surface area (Å²) in [5.41, 5.74) is 1.48. The van der Waals surface area contributed by atoms with Crippen molar-refractivity contribution in [1.29, 1.82) is 0 Å². The van der Waals surface area contributed by atoms with Gasteiger partial charge in [-0.15, -0.1) is 0 Å². The van der Waals surface area contributed by atoms with E-state index in [1.165, 1.54) is 11.4 Å². The maximum absolute atomic E-state index is 12.4. The van der Waals surface area contributed by atoms with Crippen molar-refractivity contribution < 1.29 is 22.7 Å². The van der Waals surface area contributed by atoms with Crippen molar-refractivity contribution in [1.82, 2.24) is 9.62 Å². The largest absolute Gasteiger partial charge is 0.453 e. The van der Waals surface area contributed by atoms with Crippen molar-refractivity contribution in [3.8, 4) is 0 Å². The van der Waals surface area contributed by atoms with E-state index in [0.29, 0.717) is 38.0 Å². The molecule has 0 aliphatic carbocycles. The highest BCUT2D eigenvalue weighted by molar-refractivity contribution is 7.89. The van der Waals surface area contributed by atoms with Gasteiger partial charge in [-0.25, -0.2) is 17.5 Å². The number of rotatable bonds is 7. The number of anilines is 1. The maximum Gasteiger partial charge on any atom is 0.411 e. The van der Waals surface area contributed by atoms with E-state index in [0.717, 1.165) is 5.56 Å². The maximum atomic E-state index is 12.4. The molecule has 1 heterocycles. The van der Waals surface area contributed by atoms with Gasteiger partial charge in [0.1, 0.15) is 0 Å². The molecule has 0 saturated carbocycles. The number of amides is 2. The fourth-order valence-electron chi connectivity index (χ4n) is 3.00. The zero-order chi connectivity index (χ0) is 19.9. The van der Waals surface area contributed by atoms with Crippen LogP contribution in [0.3, 0.4) is 0 Å². The number of sulfonamides is 1. The summed E-state index contributed by atoms with van der Waals surface area (Å²) < 4.78 is 30.4. The number of carbonyl (C=O) groups is 2. The number of hydrogen-bond acceptors (Lipinski definition) is 5. The molecular weight excluding hydrogens is 370 g/mol. The standard InChI is InChI=1S/C18H27N3O5S/c1-3-11-27(24,25)21-10-4-5-15(13-21)17(22)19-12-14-6-8-16(9-7-14)20-18(23)26-2/h6-9,15H,3-5,10-13H2,1-2H3,(H,19,22)(H,20,23). The van der Waals surface area contributed by atoms with Gasteiger partial charge in [0.15, 0.2) is 0 Å². The molecule has 1 fully saturated rings. The van der Waals surface area contributed by atoms with E-state index in [2.05, 4.69) is 15.4 Å². The number of hydrogen-bond donors (Lipinski definition) is 2. The van der Waals surface area contributed by atoms with Crippen LogP contribution in [-0.4, -0.2) is 50.7 Å². The topological polar surface area (TPSA) is 105 Å².